The van der Waals surface area contributed by atoms with Crippen LogP contribution in [-0.4, -0.2) is 14.8 Å². The Bertz CT molecular complexity index is 405. The van der Waals surface area contributed by atoms with Crippen molar-refractivity contribution in [3.05, 3.63) is 24.2 Å². The van der Waals surface area contributed by atoms with E-state index in [0.717, 1.165) is 5.56 Å². The minimum atomic E-state index is 0.389. The topological polar surface area (TPSA) is 81.9 Å². The molecular weight excluding hydrogens is 182 g/mol. The van der Waals surface area contributed by atoms with E-state index in [2.05, 4.69) is 15.5 Å². The number of furan rings is 1. The number of rotatable bonds is 3. The van der Waals surface area contributed by atoms with Crippen molar-refractivity contribution in [1.29, 1.82) is 0 Å². The zero-order chi connectivity index (χ0) is 9.97. The second kappa shape index (κ2) is 3.41. The molecule has 0 unspecified atom stereocenters. The van der Waals surface area contributed by atoms with Gasteiger partial charge in [0.15, 0.2) is 0 Å². The molecule has 0 saturated carbocycles. The monoisotopic (exact) mass is 193 g/mol. The Hall–Kier alpha value is -1.98. The molecule has 0 atom stereocenters. The molecule has 0 bridgehead atoms. The van der Waals surface area contributed by atoms with Crippen molar-refractivity contribution < 1.29 is 4.42 Å². The zero-order valence-corrected chi connectivity index (χ0v) is 7.77. The molecule has 6 heteroatoms. The highest BCUT2D eigenvalue weighted by atomic mass is 16.3. The lowest BCUT2D eigenvalue weighted by Gasteiger charge is -2.02. The Labute approximate surface area is 80.7 Å². The lowest BCUT2D eigenvalue weighted by atomic mass is 10.3. The molecule has 2 aromatic rings. The number of nitrogens with one attached hydrogen (secondary N) is 1. The minimum absolute atomic E-state index is 0.389. The summed E-state index contributed by atoms with van der Waals surface area (Å²) in [7, 11) is 1.80. The molecule has 2 rings (SSSR count). The predicted molar refractivity (Wildman–Crippen MR) is 51.5 cm³/mol. The number of aromatic nitrogens is 3. The van der Waals surface area contributed by atoms with Gasteiger partial charge in [0.1, 0.15) is 0 Å². The first kappa shape index (κ1) is 8.61. The van der Waals surface area contributed by atoms with E-state index in [4.69, 9.17) is 10.2 Å². The summed E-state index contributed by atoms with van der Waals surface area (Å²) >= 11 is 0. The molecule has 0 amide bonds. The van der Waals surface area contributed by atoms with Crippen LogP contribution in [-0.2, 0) is 13.6 Å². The van der Waals surface area contributed by atoms with Crippen LogP contribution in [0.25, 0.3) is 0 Å². The Kier molecular flexibility index (Phi) is 2.10. The fourth-order valence-electron chi connectivity index (χ4n) is 1.07. The van der Waals surface area contributed by atoms with Crippen molar-refractivity contribution in [3.63, 3.8) is 0 Å². The first-order chi connectivity index (χ1) is 6.77. The van der Waals surface area contributed by atoms with Crippen molar-refractivity contribution in [1.82, 2.24) is 14.8 Å². The van der Waals surface area contributed by atoms with E-state index in [1.165, 1.54) is 0 Å². The summed E-state index contributed by atoms with van der Waals surface area (Å²) in [6, 6.07) is 1.88. The number of anilines is 2. The summed E-state index contributed by atoms with van der Waals surface area (Å²) < 4.78 is 6.61. The van der Waals surface area contributed by atoms with E-state index in [0.29, 0.717) is 18.4 Å². The summed E-state index contributed by atoms with van der Waals surface area (Å²) in [4.78, 5) is 0. The molecule has 0 fully saturated rings. The van der Waals surface area contributed by atoms with Gasteiger partial charge < -0.3 is 15.5 Å². The number of nitrogens with two attached hydrogens (primary N) is 1. The standard InChI is InChI=1S/C8H11N5O/c1-13-7(9)11-12-8(13)10-4-6-2-3-14-5-6/h2-3,5H,4H2,1H3,(H2,9,11)(H,10,12). The second-order valence-electron chi connectivity index (χ2n) is 2.93. The van der Waals surface area contributed by atoms with Gasteiger partial charge in [-0.05, 0) is 6.07 Å². The second-order valence-corrected chi connectivity index (χ2v) is 2.93. The normalized spacial score (nSPS) is 10.4. The first-order valence-corrected chi connectivity index (χ1v) is 4.17. The van der Waals surface area contributed by atoms with E-state index >= 15 is 0 Å². The third-order valence-electron chi connectivity index (χ3n) is 1.94. The van der Waals surface area contributed by atoms with Gasteiger partial charge in [-0.25, -0.2) is 0 Å². The number of nitrogens with zero attached hydrogens (tertiary/aromatic N) is 3. The van der Waals surface area contributed by atoms with Gasteiger partial charge in [0, 0.05) is 19.2 Å². The molecule has 14 heavy (non-hydrogen) atoms. The van der Waals surface area contributed by atoms with Gasteiger partial charge in [-0.3, -0.25) is 4.57 Å². The maximum absolute atomic E-state index is 5.52. The summed E-state index contributed by atoms with van der Waals surface area (Å²) in [5.74, 6) is 1.03. The van der Waals surface area contributed by atoms with Gasteiger partial charge in [-0.2, -0.15) is 0 Å². The average molecular weight is 193 g/mol. The average Bonchev–Trinajstić information content (AvgIpc) is 2.77. The Morgan fingerprint density at radius 3 is 3.00 bits per heavy atom. The summed E-state index contributed by atoms with van der Waals surface area (Å²) in [6.07, 6.45) is 3.30. The Morgan fingerprint density at radius 2 is 2.43 bits per heavy atom. The fourth-order valence-corrected chi connectivity index (χ4v) is 1.07. The molecule has 2 aromatic heterocycles. The zero-order valence-electron chi connectivity index (χ0n) is 7.77. The van der Waals surface area contributed by atoms with Gasteiger partial charge in [0.2, 0.25) is 11.9 Å². The summed E-state index contributed by atoms with van der Waals surface area (Å²) in [5.41, 5.74) is 6.57. The highest BCUT2D eigenvalue weighted by molar-refractivity contribution is 5.33. The van der Waals surface area contributed by atoms with E-state index in [-0.39, 0.29) is 0 Å². The van der Waals surface area contributed by atoms with Gasteiger partial charge in [0.05, 0.1) is 12.5 Å². The van der Waals surface area contributed by atoms with Crippen LogP contribution in [0.5, 0.6) is 0 Å². The number of hydrogen-bond acceptors (Lipinski definition) is 5. The van der Waals surface area contributed by atoms with Crippen LogP contribution in [0.2, 0.25) is 0 Å². The van der Waals surface area contributed by atoms with Crippen LogP contribution in [0.4, 0.5) is 11.9 Å². The Balaban J connectivity index is 2.02. The molecule has 74 valence electrons. The number of nitrogen functional groups attached to an aromatic ring is 1. The van der Waals surface area contributed by atoms with Crippen LogP contribution >= 0.6 is 0 Å². The maximum atomic E-state index is 5.52. The smallest absolute Gasteiger partial charge is 0.226 e. The maximum Gasteiger partial charge on any atom is 0.226 e. The van der Waals surface area contributed by atoms with Crippen molar-refractivity contribution in [2.75, 3.05) is 11.1 Å². The Morgan fingerprint density at radius 1 is 1.57 bits per heavy atom. The van der Waals surface area contributed by atoms with E-state index < -0.39 is 0 Å². The van der Waals surface area contributed by atoms with Crippen LogP contribution in [0.1, 0.15) is 5.56 Å². The lowest BCUT2D eigenvalue weighted by molar-refractivity contribution is 0.564. The van der Waals surface area contributed by atoms with Crippen LogP contribution in [0.15, 0.2) is 23.0 Å². The van der Waals surface area contributed by atoms with Crippen LogP contribution in [0, 0.1) is 0 Å². The highest BCUT2D eigenvalue weighted by Crippen LogP contribution is 2.08. The molecule has 6 nitrogen and oxygen atoms in total. The molecule has 0 radical (unpaired) electrons. The molecule has 0 aliphatic heterocycles. The SMILES string of the molecule is Cn1c(N)nnc1NCc1ccoc1. The minimum Gasteiger partial charge on any atom is -0.472 e. The molecule has 0 aromatic carbocycles. The van der Waals surface area contributed by atoms with Gasteiger partial charge >= 0.3 is 0 Å². The molecule has 0 aliphatic rings. The molecule has 0 aliphatic carbocycles. The lowest BCUT2D eigenvalue weighted by Crippen LogP contribution is -2.05. The number of hydrogen-bond donors (Lipinski definition) is 2. The third-order valence-corrected chi connectivity index (χ3v) is 1.94. The van der Waals surface area contributed by atoms with Crippen molar-refractivity contribution in [2.45, 2.75) is 6.54 Å². The molecule has 2 heterocycles. The van der Waals surface area contributed by atoms with Crippen LogP contribution < -0.4 is 11.1 Å². The van der Waals surface area contributed by atoms with Crippen molar-refractivity contribution in [3.8, 4) is 0 Å². The van der Waals surface area contributed by atoms with Gasteiger partial charge in [-0.15, -0.1) is 10.2 Å². The first-order valence-electron chi connectivity index (χ1n) is 4.17. The van der Waals surface area contributed by atoms with Crippen molar-refractivity contribution >= 4 is 11.9 Å². The van der Waals surface area contributed by atoms with Crippen molar-refractivity contribution in [2.24, 2.45) is 7.05 Å². The summed E-state index contributed by atoms with van der Waals surface area (Å²) in [6.45, 7) is 0.641. The highest BCUT2D eigenvalue weighted by Gasteiger charge is 2.04. The summed E-state index contributed by atoms with van der Waals surface area (Å²) in [5, 5.41) is 10.7. The molecular formula is C8H11N5O. The molecule has 3 N–H and O–H groups in total. The van der Waals surface area contributed by atoms with E-state index in [1.54, 1.807) is 24.1 Å². The van der Waals surface area contributed by atoms with E-state index in [9.17, 15) is 0 Å². The fraction of sp³-hybridized carbons (Fsp3) is 0.250. The quantitative estimate of drug-likeness (QED) is 0.746. The van der Waals surface area contributed by atoms with Gasteiger partial charge in [0.25, 0.3) is 0 Å². The van der Waals surface area contributed by atoms with Gasteiger partial charge in [-0.1, -0.05) is 0 Å². The predicted octanol–water partition coefficient (Wildman–Crippen LogP) is 0.602. The molecule has 0 spiro atoms. The largest absolute Gasteiger partial charge is 0.472 e. The third kappa shape index (κ3) is 1.54. The molecule has 0 saturated heterocycles. The van der Waals surface area contributed by atoms with E-state index in [1.807, 2.05) is 6.07 Å². The van der Waals surface area contributed by atoms with Crippen LogP contribution in [0.3, 0.4) is 0 Å².